The molecule has 0 aliphatic rings. The Kier molecular flexibility index (Phi) is 9.38. The summed E-state index contributed by atoms with van der Waals surface area (Å²) >= 11 is 0. The molecule has 0 aliphatic carbocycles. The third-order valence-electron chi connectivity index (χ3n) is 5.66. The summed E-state index contributed by atoms with van der Waals surface area (Å²) in [5, 5.41) is 5.94. The predicted octanol–water partition coefficient (Wildman–Crippen LogP) is 5.71. The van der Waals surface area contributed by atoms with Gasteiger partial charge >= 0.3 is 6.03 Å². The van der Waals surface area contributed by atoms with Crippen LogP contribution in [0, 0.1) is 6.92 Å². The highest BCUT2D eigenvalue weighted by molar-refractivity contribution is 5.95. The third kappa shape index (κ3) is 6.76. The van der Waals surface area contributed by atoms with Crippen molar-refractivity contribution in [3.8, 4) is 17.0 Å². The molecule has 0 fully saturated rings. The Morgan fingerprint density at radius 1 is 1.06 bits per heavy atom. The number of imidazole rings is 1. The summed E-state index contributed by atoms with van der Waals surface area (Å²) in [6, 6.07) is 15.9. The van der Waals surface area contributed by atoms with Crippen molar-refractivity contribution in [2.75, 3.05) is 37.5 Å². The highest BCUT2D eigenvalue weighted by Crippen LogP contribution is 2.34. The summed E-state index contributed by atoms with van der Waals surface area (Å²) in [4.78, 5) is 19.0. The predicted molar refractivity (Wildman–Crippen MR) is 140 cm³/mol. The number of anilines is 2. The van der Waals surface area contributed by atoms with E-state index in [4.69, 9.17) is 4.74 Å². The van der Waals surface area contributed by atoms with Crippen LogP contribution in [0.1, 0.15) is 38.3 Å². The number of hydrogen-bond donors (Lipinski definition) is 2. The molecule has 2 amide bonds. The number of amides is 2. The average molecular weight is 464 g/mol. The second-order valence-corrected chi connectivity index (χ2v) is 8.57. The molecule has 0 atom stereocenters. The summed E-state index contributed by atoms with van der Waals surface area (Å²) in [5.41, 5.74) is 4.90. The SMILES string of the molecule is CCCCCNC(=O)Nc1c(OCCCn2cnc(C)c2-c2ccccc2)cccc1N(C)C. The van der Waals surface area contributed by atoms with Gasteiger partial charge in [-0.25, -0.2) is 9.78 Å². The minimum atomic E-state index is -0.211. The molecule has 3 rings (SSSR count). The number of ether oxygens (including phenoxy) is 1. The van der Waals surface area contributed by atoms with Crippen LogP contribution in [0.25, 0.3) is 11.3 Å². The van der Waals surface area contributed by atoms with Gasteiger partial charge in [-0.05, 0) is 31.9 Å². The summed E-state index contributed by atoms with van der Waals surface area (Å²) in [7, 11) is 3.91. The largest absolute Gasteiger partial charge is 0.491 e. The van der Waals surface area contributed by atoms with Crippen LogP contribution in [-0.2, 0) is 6.54 Å². The average Bonchev–Trinajstić information content (AvgIpc) is 3.20. The first-order valence-electron chi connectivity index (χ1n) is 12.1. The lowest BCUT2D eigenvalue weighted by atomic mass is 10.1. The van der Waals surface area contributed by atoms with Gasteiger partial charge < -0.3 is 24.8 Å². The number of rotatable bonds is 12. The summed E-state index contributed by atoms with van der Waals surface area (Å²) in [5.74, 6) is 0.667. The van der Waals surface area contributed by atoms with Crippen molar-refractivity contribution in [1.29, 1.82) is 0 Å². The highest BCUT2D eigenvalue weighted by atomic mass is 16.5. The van der Waals surface area contributed by atoms with E-state index in [1.165, 1.54) is 0 Å². The van der Waals surface area contributed by atoms with Crippen molar-refractivity contribution < 1.29 is 9.53 Å². The zero-order valence-corrected chi connectivity index (χ0v) is 20.8. The Morgan fingerprint density at radius 3 is 2.59 bits per heavy atom. The van der Waals surface area contributed by atoms with Crippen LogP contribution in [0.3, 0.4) is 0 Å². The first-order valence-corrected chi connectivity index (χ1v) is 12.1. The second-order valence-electron chi connectivity index (χ2n) is 8.57. The van der Waals surface area contributed by atoms with Gasteiger partial charge in [-0.2, -0.15) is 0 Å². The molecule has 1 aromatic heterocycles. The number of unbranched alkanes of at least 4 members (excludes halogenated alkanes) is 2. The molecule has 0 saturated carbocycles. The molecule has 0 saturated heterocycles. The van der Waals surface area contributed by atoms with Gasteiger partial charge in [0.05, 0.1) is 30.0 Å². The Morgan fingerprint density at radius 2 is 1.85 bits per heavy atom. The van der Waals surface area contributed by atoms with Crippen LogP contribution in [0.15, 0.2) is 54.9 Å². The number of carbonyl (C=O) groups excluding carboxylic acids is 1. The van der Waals surface area contributed by atoms with Crippen molar-refractivity contribution in [2.24, 2.45) is 0 Å². The number of nitrogens with one attached hydrogen (secondary N) is 2. The number of benzene rings is 2. The van der Waals surface area contributed by atoms with E-state index in [0.29, 0.717) is 24.6 Å². The maximum absolute atomic E-state index is 12.5. The number of aryl methyl sites for hydroxylation is 2. The molecule has 0 unspecified atom stereocenters. The fourth-order valence-corrected chi connectivity index (χ4v) is 3.91. The lowest BCUT2D eigenvalue weighted by molar-refractivity contribution is 0.251. The molecule has 2 N–H and O–H groups in total. The van der Waals surface area contributed by atoms with Crippen molar-refractivity contribution in [3.63, 3.8) is 0 Å². The molecule has 0 radical (unpaired) electrons. The topological polar surface area (TPSA) is 71.4 Å². The maximum Gasteiger partial charge on any atom is 0.319 e. The van der Waals surface area contributed by atoms with Crippen LogP contribution in [0.5, 0.6) is 5.75 Å². The van der Waals surface area contributed by atoms with E-state index in [1.807, 2.05) is 68.6 Å². The van der Waals surface area contributed by atoms with Gasteiger partial charge in [-0.1, -0.05) is 56.2 Å². The van der Waals surface area contributed by atoms with Crippen LogP contribution >= 0.6 is 0 Å². The number of aromatic nitrogens is 2. The fraction of sp³-hybridized carbons (Fsp3) is 0.407. The van der Waals surface area contributed by atoms with Crippen molar-refractivity contribution in [2.45, 2.75) is 46.1 Å². The molecule has 2 aromatic carbocycles. The van der Waals surface area contributed by atoms with Gasteiger partial charge in [-0.3, -0.25) is 0 Å². The summed E-state index contributed by atoms with van der Waals surface area (Å²) in [6.07, 6.45) is 5.90. The van der Waals surface area contributed by atoms with E-state index < -0.39 is 0 Å². The Labute approximate surface area is 203 Å². The van der Waals surface area contributed by atoms with Crippen LogP contribution in [0.2, 0.25) is 0 Å². The minimum Gasteiger partial charge on any atom is -0.491 e. The van der Waals surface area contributed by atoms with E-state index in [-0.39, 0.29) is 6.03 Å². The number of carbonyl (C=O) groups is 1. The molecular formula is C27H37N5O2. The number of para-hydroxylation sites is 1. The van der Waals surface area contributed by atoms with Crippen molar-refractivity contribution >= 4 is 17.4 Å². The molecule has 3 aromatic rings. The van der Waals surface area contributed by atoms with E-state index in [0.717, 1.165) is 54.9 Å². The standard InChI is InChI=1S/C27H37N5O2/c1-5-6-10-17-28-27(33)30-25-23(31(3)4)15-11-16-24(25)34-19-12-18-32-20-29-21(2)26(32)22-13-8-7-9-14-22/h7-9,11,13-16,20H,5-6,10,12,17-19H2,1-4H3,(H2,28,30,33). The molecule has 0 bridgehead atoms. The number of nitrogens with zero attached hydrogens (tertiary/aromatic N) is 3. The van der Waals surface area contributed by atoms with Gasteiger partial charge in [0.1, 0.15) is 11.4 Å². The van der Waals surface area contributed by atoms with E-state index >= 15 is 0 Å². The molecular weight excluding hydrogens is 426 g/mol. The van der Waals surface area contributed by atoms with Crippen LogP contribution in [-0.4, -0.2) is 42.8 Å². The first kappa shape index (κ1) is 25.1. The summed E-state index contributed by atoms with van der Waals surface area (Å²) in [6.45, 7) is 6.16. The zero-order chi connectivity index (χ0) is 24.3. The number of urea groups is 1. The Bertz CT molecular complexity index is 1050. The molecule has 1 heterocycles. The smallest absolute Gasteiger partial charge is 0.319 e. The molecule has 0 aliphatic heterocycles. The Hall–Kier alpha value is -3.48. The van der Waals surface area contributed by atoms with Crippen LogP contribution < -0.4 is 20.3 Å². The zero-order valence-electron chi connectivity index (χ0n) is 20.8. The number of hydrogen-bond acceptors (Lipinski definition) is 4. The normalized spacial score (nSPS) is 10.7. The lowest BCUT2D eigenvalue weighted by Crippen LogP contribution is -2.30. The van der Waals surface area contributed by atoms with Gasteiger partial charge in [0.2, 0.25) is 0 Å². The van der Waals surface area contributed by atoms with Gasteiger partial charge in [0, 0.05) is 32.7 Å². The molecule has 0 spiro atoms. The molecule has 7 heteroatoms. The Balaban J connectivity index is 1.63. The van der Waals surface area contributed by atoms with Gasteiger partial charge in [0.15, 0.2) is 0 Å². The van der Waals surface area contributed by atoms with Gasteiger partial charge in [0.25, 0.3) is 0 Å². The summed E-state index contributed by atoms with van der Waals surface area (Å²) < 4.78 is 8.32. The second kappa shape index (κ2) is 12.7. The molecule has 182 valence electrons. The van der Waals surface area contributed by atoms with Crippen molar-refractivity contribution in [3.05, 3.63) is 60.6 Å². The maximum atomic E-state index is 12.5. The molecule has 34 heavy (non-hydrogen) atoms. The van der Waals surface area contributed by atoms with Crippen molar-refractivity contribution in [1.82, 2.24) is 14.9 Å². The monoisotopic (exact) mass is 463 g/mol. The lowest BCUT2D eigenvalue weighted by Gasteiger charge is -2.21. The molecule has 7 nitrogen and oxygen atoms in total. The minimum absolute atomic E-state index is 0.211. The van der Waals surface area contributed by atoms with E-state index in [2.05, 4.69) is 39.2 Å². The van der Waals surface area contributed by atoms with Crippen LogP contribution in [0.4, 0.5) is 16.2 Å². The van der Waals surface area contributed by atoms with E-state index in [1.54, 1.807) is 0 Å². The highest BCUT2D eigenvalue weighted by Gasteiger charge is 2.15. The van der Waals surface area contributed by atoms with E-state index in [9.17, 15) is 4.79 Å². The fourth-order valence-electron chi connectivity index (χ4n) is 3.91. The quantitative estimate of drug-likeness (QED) is 0.338. The first-order chi connectivity index (χ1) is 16.5. The van der Waals surface area contributed by atoms with Gasteiger partial charge in [-0.15, -0.1) is 0 Å². The third-order valence-corrected chi connectivity index (χ3v) is 5.66.